The van der Waals surface area contributed by atoms with Crippen LogP contribution in [0.5, 0.6) is 5.75 Å². The molecule has 9 heteroatoms. The predicted octanol–water partition coefficient (Wildman–Crippen LogP) is 4.90. The Morgan fingerprint density at radius 2 is 1.49 bits per heavy atom. The van der Waals surface area contributed by atoms with Crippen LogP contribution in [0.3, 0.4) is 0 Å². The average Bonchev–Trinajstić information content (AvgIpc) is 3.48. The van der Waals surface area contributed by atoms with Crippen LogP contribution >= 0.6 is 0 Å². The number of carbonyl (C=O) groups is 2. The second kappa shape index (κ2) is 14.2. The lowest BCUT2D eigenvalue weighted by molar-refractivity contribution is -0.140. The molecule has 2 amide bonds. The monoisotopic (exact) mass is 577 g/mol. The van der Waals surface area contributed by atoms with Gasteiger partial charge in [-0.1, -0.05) is 80.4 Å². The van der Waals surface area contributed by atoms with E-state index < -0.39 is 28.5 Å². The van der Waals surface area contributed by atoms with Crippen LogP contribution in [0.15, 0.2) is 84.9 Å². The predicted molar refractivity (Wildman–Crippen MR) is 161 cm³/mol. The molecule has 0 unspecified atom stereocenters. The van der Waals surface area contributed by atoms with E-state index in [1.54, 1.807) is 24.3 Å². The van der Waals surface area contributed by atoms with Gasteiger partial charge in [0.2, 0.25) is 21.8 Å². The van der Waals surface area contributed by atoms with E-state index in [-0.39, 0.29) is 18.5 Å². The Hall–Kier alpha value is -3.85. The van der Waals surface area contributed by atoms with Gasteiger partial charge in [0.05, 0.1) is 11.9 Å². The molecule has 218 valence electrons. The number of hydrogen-bond donors (Lipinski definition) is 1. The number of nitrogens with one attached hydrogen (secondary N) is 1. The van der Waals surface area contributed by atoms with Crippen LogP contribution < -0.4 is 14.4 Å². The summed E-state index contributed by atoms with van der Waals surface area (Å²) in [6, 6.07) is 25.2. The second-order valence-corrected chi connectivity index (χ2v) is 12.4. The fraction of sp³-hybridized carbons (Fsp3) is 0.375. The summed E-state index contributed by atoms with van der Waals surface area (Å²) in [5.74, 6) is -0.0654. The van der Waals surface area contributed by atoms with Gasteiger partial charge < -0.3 is 15.0 Å². The van der Waals surface area contributed by atoms with Crippen molar-refractivity contribution in [3.8, 4) is 5.75 Å². The molecule has 0 bridgehead atoms. The highest BCUT2D eigenvalue weighted by Crippen LogP contribution is 2.24. The molecule has 8 nitrogen and oxygen atoms in total. The first-order valence-corrected chi connectivity index (χ1v) is 16.0. The van der Waals surface area contributed by atoms with Crippen molar-refractivity contribution in [3.63, 3.8) is 0 Å². The highest BCUT2D eigenvalue weighted by atomic mass is 32.2. The number of benzene rings is 3. The van der Waals surface area contributed by atoms with Crippen molar-refractivity contribution < 1.29 is 22.7 Å². The fourth-order valence-electron chi connectivity index (χ4n) is 5.13. The molecule has 1 fully saturated rings. The first-order valence-electron chi connectivity index (χ1n) is 14.1. The lowest BCUT2D eigenvalue weighted by Crippen LogP contribution is -2.53. The van der Waals surface area contributed by atoms with Gasteiger partial charge in [-0.05, 0) is 54.7 Å². The molecule has 0 saturated heterocycles. The van der Waals surface area contributed by atoms with E-state index in [1.165, 1.54) is 4.90 Å². The summed E-state index contributed by atoms with van der Waals surface area (Å²) in [6.45, 7) is 2.01. The van der Waals surface area contributed by atoms with Gasteiger partial charge in [0.1, 0.15) is 24.9 Å². The number of anilines is 1. The van der Waals surface area contributed by atoms with Gasteiger partial charge >= 0.3 is 0 Å². The minimum atomic E-state index is -3.81. The van der Waals surface area contributed by atoms with Crippen LogP contribution in [0.2, 0.25) is 0 Å². The number of rotatable bonds is 13. The van der Waals surface area contributed by atoms with Gasteiger partial charge in [0.25, 0.3) is 0 Å². The molecule has 1 aliphatic carbocycles. The van der Waals surface area contributed by atoms with E-state index >= 15 is 0 Å². The molecule has 1 saturated carbocycles. The Balaban J connectivity index is 1.53. The van der Waals surface area contributed by atoms with E-state index in [0.29, 0.717) is 24.5 Å². The van der Waals surface area contributed by atoms with Crippen molar-refractivity contribution in [3.05, 3.63) is 96.1 Å². The molecule has 0 spiro atoms. The van der Waals surface area contributed by atoms with Crippen LogP contribution in [-0.2, 0) is 32.8 Å². The molecule has 1 atom stereocenters. The zero-order valence-corrected chi connectivity index (χ0v) is 24.6. The Kier molecular flexibility index (Phi) is 10.4. The van der Waals surface area contributed by atoms with Crippen molar-refractivity contribution in [2.75, 3.05) is 17.1 Å². The fourth-order valence-corrected chi connectivity index (χ4v) is 5.98. The zero-order valence-electron chi connectivity index (χ0n) is 23.7. The number of sulfonamides is 1. The van der Waals surface area contributed by atoms with Crippen molar-refractivity contribution in [2.24, 2.45) is 0 Å². The summed E-state index contributed by atoms with van der Waals surface area (Å²) in [6.07, 6.45) is 5.50. The third kappa shape index (κ3) is 8.57. The number of ether oxygens (including phenoxy) is 1. The summed E-state index contributed by atoms with van der Waals surface area (Å²) in [5, 5.41) is 3.12. The summed E-state index contributed by atoms with van der Waals surface area (Å²) >= 11 is 0. The van der Waals surface area contributed by atoms with Gasteiger partial charge in [-0.2, -0.15) is 0 Å². The summed E-state index contributed by atoms with van der Waals surface area (Å²) in [5.41, 5.74) is 2.22. The maximum atomic E-state index is 13.9. The molecule has 41 heavy (non-hydrogen) atoms. The molecular formula is C32H39N3O5S. The van der Waals surface area contributed by atoms with Crippen LogP contribution in [-0.4, -0.2) is 50.0 Å². The van der Waals surface area contributed by atoms with E-state index in [4.69, 9.17) is 4.74 Å². The Morgan fingerprint density at radius 1 is 0.902 bits per heavy atom. The SMILES string of the molecule is CC[C@@H](C(=O)NC1CCCC1)N(Cc1ccccc1)C(=O)CN(c1ccc(OCc2ccccc2)cc1)S(C)(=O)=O. The summed E-state index contributed by atoms with van der Waals surface area (Å²) in [4.78, 5) is 28.7. The van der Waals surface area contributed by atoms with Crippen LogP contribution in [0.25, 0.3) is 0 Å². The Morgan fingerprint density at radius 3 is 2.05 bits per heavy atom. The van der Waals surface area contributed by atoms with Crippen LogP contribution in [0.1, 0.15) is 50.2 Å². The quantitative estimate of drug-likeness (QED) is 0.312. The number of hydrogen-bond acceptors (Lipinski definition) is 5. The van der Waals surface area contributed by atoms with Crippen molar-refractivity contribution >= 4 is 27.5 Å². The molecule has 0 aliphatic heterocycles. The largest absolute Gasteiger partial charge is 0.489 e. The Bertz CT molecular complexity index is 1380. The average molecular weight is 578 g/mol. The molecule has 0 heterocycles. The highest BCUT2D eigenvalue weighted by molar-refractivity contribution is 7.92. The maximum absolute atomic E-state index is 13.9. The van der Waals surface area contributed by atoms with Crippen LogP contribution in [0.4, 0.5) is 5.69 Å². The number of amides is 2. The summed E-state index contributed by atoms with van der Waals surface area (Å²) < 4.78 is 32.7. The molecule has 3 aromatic rings. The minimum absolute atomic E-state index is 0.111. The first-order chi connectivity index (χ1) is 19.7. The van der Waals surface area contributed by atoms with E-state index in [2.05, 4.69) is 5.32 Å². The number of carbonyl (C=O) groups excluding carboxylic acids is 2. The first kappa shape index (κ1) is 30.1. The topological polar surface area (TPSA) is 96.0 Å². The Labute approximate surface area is 243 Å². The number of nitrogens with zero attached hydrogens (tertiary/aromatic N) is 2. The lowest BCUT2D eigenvalue weighted by Gasteiger charge is -2.33. The third-order valence-corrected chi connectivity index (χ3v) is 8.48. The zero-order chi connectivity index (χ0) is 29.2. The second-order valence-electron chi connectivity index (χ2n) is 10.5. The molecule has 1 N–H and O–H groups in total. The smallest absolute Gasteiger partial charge is 0.244 e. The van der Waals surface area contributed by atoms with Gasteiger partial charge in [-0.3, -0.25) is 13.9 Å². The molecule has 1 aliphatic rings. The molecule has 4 rings (SSSR count). The van der Waals surface area contributed by atoms with Gasteiger partial charge in [0, 0.05) is 12.6 Å². The molecule has 0 radical (unpaired) electrons. The molecule has 3 aromatic carbocycles. The third-order valence-electron chi connectivity index (χ3n) is 7.34. The van der Waals surface area contributed by atoms with Gasteiger partial charge in [-0.25, -0.2) is 8.42 Å². The van der Waals surface area contributed by atoms with E-state index in [0.717, 1.165) is 47.4 Å². The highest BCUT2D eigenvalue weighted by Gasteiger charge is 2.33. The summed E-state index contributed by atoms with van der Waals surface area (Å²) in [7, 11) is -3.81. The molecule has 0 aromatic heterocycles. The maximum Gasteiger partial charge on any atom is 0.244 e. The van der Waals surface area contributed by atoms with Gasteiger partial charge in [0.15, 0.2) is 0 Å². The standard InChI is InChI=1S/C32H39N3O5S/c1-3-30(32(37)33-27-16-10-11-17-27)34(22-25-12-6-4-7-13-25)31(36)23-35(41(2,38)39)28-18-20-29(21-19-28)40-24-26-14-8-5-9-15-26/h4-9,12-15,18-21,27,30H,3,10-11,16-17,22-24H2,1-2H3,(H,33,37)/t30-/m0/s1. The van der Waals surface area contributed by atoms with Crippen molar-refractivity contribution in [1.82, 2.24) is 10.2 Å². The molecular weight excluding hydrogens is 538 g/mol. The van der Waals surface area contributed by atoms with Gasteiger partial charge in [-0.15, -0.1) is 0 Å². The van der Waals surface area contributed by atoms with Crippen LogP contribution in [0, 0.1) is 0 Å². The van der Waals surface area contributed by atoms with Crippen molar-refractivity contribution in [2.45, 2.75) is 64.3 Å². The normalized spacial score (nSPS) is 14.3. The minimum Gasteiger partial charge on any atom is -0.489 e. The van der Waals surface area contributed by atoms with E-state index in [1.807, 2.05) is 67.6 Å². The van der Waals surface area contributed by atoms with E-state index in [9.17, 15) is 18.0 Å². The lowest BCUT2D eigenvalue weighted by atomic mass is 10.1. The van der Waals surface area contributed by atoms with Crippen molar-refractivity contribution in [1.29, 1.82) is 0 Å².